The molecule has 5 fully saturated rings. The first-order valence-electron chi connectivity index (χ1n) is 11.6. The molecule has 1 heterocycles. The van der Waals surface area contributed by atoms with Crippen LogP contribution >= 0.6 is 0 Å². The Bertz CT molecular complexity index is 706. The van der Waals surface area contributed by atoms with Crippen molar-refractivity contribution in [2.45, 2.75) is 51.5 Å². The molecule has 1 amide bonds. The Hall–Kier alpha value is -1.62. The Morgan fingerprint density at radius 1 is 1.10 bits per heavy atom. The summed E-state index contributed by atoms with van der Waals surface area (Å²) < 4.78 is 13.1. The summed E-state index contributed by atoms with van der Waals surface area (Å²) in [5.74, 6) is 2.80. The zero-order chi connectivity index (χ0) is 20.0. The average Bonchev–Trinajstić information content (AvgIpc) is 2.68. The zero-order valence-electron chi connectivity index (χ0n) is 17.6. The lowest BCUT2D eigenvalue weighted by Crippen LogP contribution is -3.16. The van der Waals surface area contributed by atoms with E-state index in [1.54, 1.807) is 0 Å². The fourth-order valence-corrected chi connectivity index (χ4v) is 7.29. The van der Waals surface area contributed by atoms with Gasteiger partial charge >= 0.3 is 0 Å². The van der Waals surface area contributed by atoms with E-state index in [4.69, 9.17) is 0 Å². The lowest BCUT2D eigenvalue weighted by molar-refractivity contribution is -0.892. The Labute approximate surface area is 173 Å². The number of anilines is 1. The fourth-order valence-electron chi connectivity index (χ4n) is 7.29. The van der Waals surface area contributed by atoms with Gasteiger partial charge in [-0.25, -0.2) is 4.39 Å². The van der Waals surface area contributed by atoms with Gasteiger partial charge in [0.15, 0.2) is 6.54 Å². The number of piperazine rings is 1. The fraction of sp³-hybridized carbons (Fsp3) is 0.708. The van der Waals surface area contributed by atoms with Crippen molar-refractivity contribution in [2.24, 2.45) is 23.2 Å². The predicted molar refractivity (Wildman–Crippen MR) is 112 cm³/mol. The van der Waals surface area contributed by atoms with Crippen molar-refractivity contribution in [1.82, 2.24) is 5.32 Å². The van der Waals surface area contributed by atoms with Gasteiger partial charge in [-0.2, -0.15) is 0 Å². The largest absolute Gasteiger partial charge is 0.360 e. The highest BCUT2D eigenvalue weighted by Gasteiger charge is 2.53. The standard InChI is InChI=1S/C24H34FN3O/c1-17(24-13-18-10-19(14-24)12-20(11-18)15-24)26-23(29)16-27-6-8-28(9-7-27)22-4-2-21(25)3-5-22/h2-5,17-20H,6-16H2,1H3,(H,26,29)/p+1/t17-,18?,19?,20?,24?/m1/s1. The van der Waals surface area contributed by atoms with Gasteiger partial charge in [-0.05, 0) is 92.9 Å². The van der Waals surface area contributed by atoms with Crippen LogP contribution in [-0.2, 0) is 4.79 Å². The van der Waals surface area contributed by atoms with Gasteiger partial charge in [0.2, 0.25) is 0 Å². The Kier molecular flexibility index (Phi) is 5.05. The van der Waals surface area contributed by atoms with E-state index in [0.717, 1.165) is 49.6 Å². The van der Waals surface area contributed by atoms with E-state index in [0.29, 0.717) is 18.0 Å². The molecule has 0 unspecified atom stereocenters. The van der Waals surface area contributed by atoms with E-state index in [1.807, 2.05) is 12.1 Å². The van der Waals surface area contributed by atoms with Crippen molar-refractivity contribution < 1.29 is 14.1 Å². The maximum Gasteiger partial charge on any atom is 0.275 e. The van der Waals surface area contributed by atoms with Crippen LogP contribution in [0.4, 0.5) is 10.1 Å². The van der Waals surface area contributed by atoms with Crippen LogP contribution in [0.25, 0.3) is 0 Å². The maximum absolute atomic E-state index is 13.1. The average molecular weight is 401 g/mol. The molecule has 4 saturated carbocycles. The Balaban J connectivity index is 1.12. The molecule has 4 aliphatic carbocycles. The zero-order valence-corrected chi connectivity index (χ0v) is 17.6. The topological polar surface area (TPSA) is 36.8 Å². The van der Waals surface area contributed by atoms with Crippen LogP contribution < -0.4 is 15.1 Å². The van der Waals surface area contributed by atoms with Crippen molar-refractivity contribution in [3.63, 3.8) is 0 Å². The van der Waals surface area contributed by atoms with Crippen molar-refractivity contribution in [1.29, 1.82) is 0 Å². The van der Waals surface area contributed by atoms with E-state index < -0.39 is 0 Å². The molecule has 1 aliphatic heterocycles. The van der Waals surface area contributed by atoms with Crippen LogP contribution in [0.15, 0.2) is 24.3 Å². The number of amides is 1. The number of nitrogens with zero attached hydrogens (tertiary/aromatic N) is 1. The second kappa shape index (κ2) is 7.57. The minimum atomic E-state index is -0.192. The third kappa shape index (κ3) is 3.90. The van der Waals surface area contributed by atoms with Crippen LogP contribution in [0.5, 0.6) is 0 Å². The first kappa shape index (κ1) is 19.3. The van der Waals surface area contributed by atoms with Gasteiger partial charge in [-0.3, -0.25) is 4.79 Å². The lowest BCUT2D eigenvalue weighted by Gasteiger charge is -2.59. The molecule has 5 heteroatoms. The summed E-state index contributed by atoms with van der Waals surface area (Å²) in [6.45, 7) is 6.59. The predicted octanol–water partition coefficient (Wildman–Crippen LogP) is 2.25. The molecule has 0 spiro atoms. The first-order chi connectivity index (χ1) is 14.0. The summed E-state index contributed by atoms with van der Waals surface area (Å²) in [6.07, 6.45) is 8.35. The molecule has 6 rings (SSSR count). The molecule has 1 aromatic rings. The molecule has 5 aliphatic rings. The number of carbonyl (C=O) groups excluding carboxylic acids is 1. The highest BCUT2D eigenvalue weighted by atomic mass is 19.1. The maximum atomic E-state index is 13.1. The van der Waals surface area contributed by atoms with E-state index >= 15 is 0 Å². The van der Waals surface area contributed by atoms with Gasteiger partial charge < -0.3 is 15.1 Å². The molecule has 4 nitrogen and oxygen atoms in total. The number of quaternary nitrogens is 1. The van der Waals surface area contributed by atoms with Gasteiger partial charge in [0, 0.05) is 11.7 Å². The molecule has 0 aromatic heterocycles. The third-order valence-corrected chi connectivity index (χ3v) is 8.45. The number of hydrogen-bond acceptors (Lipinski definition) is 2. The molecule has 1 aromatic carbocycles. The summed E-state index contributed by atoms with van der Waals surface area (Å²) in [5, 5.41) is 3.42. The minimum Gasteiger partial charge on any atom is -0.360 e. The number of rotatable bonds is 5. The number of carbonyl (C=O) groups is 1. The van der Waals surface area contributed by atoms with Crippen LogP contribution in [0.2, 0.25) is 0 Å². The van der Waals surface area contributed by atoms with Crippen molar-refractivity contribution in [3.05, 3.63) is 30.1 Å². The van der Waals surface area contributed by atoms with Gasteiger partial charge in [-0.1, -0.05) is 0 Å². The highest BCUT2D eigenvalue weighted by Crippen LogP contribution is 2.61. The summed E-state index contributed by atoms with van der Waals surface area (Å²) in [7, 11) is 0. The Morgan fingerprint density at radius 2 is 1.66 bits per heavy atom. The molecular formula is C24H35FN3O+. The van der Waals surface area contributed by atoms with Crippen molar-refractivity contribution >= 4 is 11.6 Å². The first-order valence-corrected chi connectivity index (χ1v) is 11.6. The molecular weight excluding hydrogens is 365 g/mol. The molecule has 1 saturated heterocycles. The smallest absolute Gasteiger partial charge is 0.275 e. The van der Waals surface area contributed by atoms with Gasteiger partial charge in [0.25, 0.3) is 5.91 Å². The molecule has 29 heavy (non-hydrogen) atoms. The van der Waals surface area contributed by atoms with Gasteiger partial charge in [0.1, 0.15) is 5.82 Å². The van der Waals surface area contributed by atoms with Crippen molar-refractivity contribution in [3.8, 4) is 0 Å². The summed E-state index contributed by atoms with van der Waals surface area (Å²) in [5.41, 5.74) is 1.45. The molecule has 0 radical (unpaired) electrons. The van der Waals surface area contributed by atoms with Crippen LogP contribution in [0, 0.1) is 29.0 Å². The third-order valence-electron chi connectivity index (χ3n) is 8.45. The summed E-state index contributed by atoms with van der Waals surface area (Å²) in [6, 6.07) is 7.05. The molecule has 2 N–H and O–H groups in total. The number of hydrogen-bond donors (Lipinski definition) is 2. The summed E-state index contributed by atoms with van der Waals surface area (Å²) in [4.78, 5) is 16.5. The minimum absolute atomic E-state index is 0.192. The molecule has 4 bridgehead atoms. The molecule has 1 atom stereocenters. The van der Waals surface area contributed by atoms with Crippen LogP contribution in [0.1, 0.15) is 45.4 Å². The number of nitrogens with one attached hydrogen (secondary N) is 2. The van der Waals surface area contributed by atoms with E-state index in [9.17, 15) is 9.18 Å². The molecule has 158 valence electrons. The second-order valence-electron chi connectivity index (χ2n) is 10.5. The normalized spacial score (nSPS) is 35.0. The summed E-state index contributed by atoms with van der Waals surface area (Å²) >= 11 is 0. The van der Waals surface area contributed by atoms with Crippen LogP contribution in [0.3, 0.4) is 0 Å². The Morgan fingerprint density at radius 3 is 2.21 bits per heavy atom. The van der Waals surface area contributed by atoms with E-state index in [-0.39, 0.29) is 11.7 Å². The lowest BCUT2D eigenvalue weighted by atomic mass is 9.48. The monoisotopic (exact) mass is 400 g/mol. The van der Waals surface area contributed by atoms with E-state index in [1.165, 1.54) is 55.6 Å². The quantitative estimate of drug-likeness (QED) is 0.796. The van der Waals surface area contributed by atoms with E-state index in [2.05, 4.69) is 17.1 Å². The van der Waals surface area contributed by atoms with Gasteiger partial charge in [0.05, 0.1) is 26.2 Å². The highest BCUT2D eigenvalue weighted by molar-refractivity contribution is 5.77. The second-order valence-corrected chi connectivity index (χ2v) is 10.5. The van der Waals surface area contributed by atoms with Gasteiger partial charge in [-0.15, -0.1) is 0 Å². The van der Waals surface area contributed by atoms with Crippen molar-refractivity contribution in [2.75, 3.05) is 37.6 Å². The number of benzene rings is 1. The van der Waals surface area contributed by atoms with Crippen LogP contribution in [-0.4, -0.2) is 44.7 Å². The number of halogens is 1. The SMILES string of the molecule is C[C@@H](NC(=O)C[NH+]1CCN(c2ccc(F)cc2)CC1)C12CC3CC(CC(C3)C1)C2.